The maximum absolute atomic E-state index is 3.48. The molecule has 0 bridgehead atoms. The van der Waals surface area contributed by atoms with Gasteiger partial charge in [-0.15, -0.1) is 22.7 Å². The van der Waals surface area contributed by atoms with Gasteiger partial charge in [0.25, 0.3) is 0 Å². The van der Waals surface area contributed by atoms with Crippen molar-refractivity contribution < 1.29 is 0 Å². The molecule has 0 aromatic carbocycles. The molecule has 2 heterocycles. The van der Waals surface area contributed by atoms with Gasteiger partial charge in [0.05, 0.1) is 6.04 Å². The quantitative estimate of drug-likeness (QED) is 0.903. The summed E-state index contributed by atoms with van der Waals surface area (Å²) in [4.78, 5) is 2.71. The van der Waals surface area contributed by atoms with Crippen LogP contribution in [0, 0.1) is 0 Å². The third-order valence-corrected chi connectivity index (χ3v) is 4.68. The zero-order valence-electron chi connectivity index (χ0n) is 7.66. The number of hydrogen-bond acceptors (Lipinski definition) is 3. The Bertz CT molecular complexity index is 394. The van der Waals surface area contributed by atoms with E-state index in [4.69, 9.17) is 0 Å². The summed E-state index contributed by atoms with van der Waals surface area (Å²) in [6.45, 7) is 0. The second kappa shape index (κ2) is 4.57. The fourth-order valence-electron chi connectivity index (χ4n) is 1.36. The van der Waals surface area contributed by atoms with E-state index in [1.807, 2.05) is 7.05 Å². The molecule has 74 valence electrons. The van der Waals surface area contributed by atoms with Gasteiger partial charge in [0, 0.05) is 19.6 Å². The zero-order valence-corrected chi connectivity index (χ0v) is 10.9. The van der Waals surface area contributed by atoms with E-state index in [1.165, 1.54) is 9.75 Å². The summed E-state index contributed by atoms with van der Waals surface area (Å²) in [7, 11) is 2.00. The standard InChI is InChI=1S/C10H10BrNS2/c1-12-10(8-3-2-4-13-8)9-5-7(11)6-14-9/h2-6,10,12H,1H3. The van der Waals surface area contributed by atoms with Crippen LogP contribution in [0.3, 0.4) is 0 Å². The highest BCUT2D eigenvalue weighted by Gasteiger charge is 2.14. The predicted molar refractivity (Wildman–Crippen MR) is 67.2 cm³/mol. The number of hydrogen-bond donors (Lipinski definition) is 1. The van der Waals surface area contributed by atoms with Crippen molar-refractivity contribution in [3.8, 4) is 0 Å². The molecule has 2 rings (SSSR count). The molecular weight excluding hydrogens is 278 g/mol. The van der Waals surface area contributed by atoms with E-state index >= 15 is 0 Å². The van der Waals surface area contributed by atoms with Crippen LogP contribution in [0.5, 0.6) is 0 Å². The average molecular weight is 288 g/mol. The van der Waals surface area contributed by atoms with E-state index in [-0.39, 0.29) is 0 Å². The zero-order chi connectivity index (χ0) is 9.97. The van der Waals surface area contributed by atoms with Gasteiger partial charge in [-0.25, -0.2) is 0 Å². The van der Waals surface area contributed by atoms with E-state index in [1.54, 1.807) is 22.7 Å². The highest BCUT2D eigenvalue weighted by molar-refractivity contribution is 9.10. The summed E-state index contributed by atoms with van der Waals surface area (Å²) in [5.41, 5.74) is 0. The lowest BCUT2D eigenvalue weighted by Gasteiger charge is -2.11. The van der Waals surface area contributed by atoms with Crippen LogP contribution in [0.4, 0.5) is 0 Å². The largest absolute Gasteiger partial charge is 0.308 e. The van der Waals surface area contributed by atoms with E-state index in [9.17, 15) is 0 Å². The van der Waals surface area contributed by atoms with Gasteiger partial charge in [0.1, 0.15) is 0 Å². The molecule has 0 aliphatic heterocycles. The number of thiophene rings is 2. The fourth-order valence-corrected chi connectivity index (χ4v) is 3.86. The summed E-state index contributed by atoms with van der Waals surface area (Å²) in [5, 5.41) is 7.57. The molecule has 0 radical (unpaired) electrons. The van der Waals surface area contributed by atoms with Gasteiger partial charge in [-0.05, 0) is 40.5 Å². The van der Waals surface area contributed by atoms with Gasteiger partial charge in [0.2, 0.25) is 0 Å². The SMILES string of the molecule is CNC(c1cccs1)c1cc(Br)cs1. The first kappa shape index (κ1) is 10.4. The molecule has 0 spiro atoms. The van der Waals surface area contributed by atoms with E-state index in [2.05, 4.69) is 50.2 Å². The van der Waals surface area contributed by atoms with Crippen LogP contribution in [0.1, 0.15) is 15.8 Å². The Labute approximate surface area is 99.9 Å². The van der Waals surface area contributed by atoms with Crippen LogP contribution in [0.25, 0.3) is 0 Å². The number of rotatable bonds is 3. The molecule has 2 aromatic heterocycles. The monoisotopic (exact) mass is 287 g/mol. The molecule has 1 unspecified atom stereocenters. The minimum absolute atomic E-state index is 0.339. The van der Waals surface area contributed by atoms with Crippen LogP contribution in [0.15, 0.2) is 33.4 Å². The van der Waals surface area contributed by atoms with Crippen molar-refractivity contribution in [1.29, 1.82) is 0 Å². The van der Waals surface area contributed by atoms with Crippen LogP contribution in [-0.2, 0) is 0 Å². The maximum Gasteiger partial charge on any atom is 0.0762 e. The Balaban J connectivity index is 2.31. The van der Waals surface area contributed by atoms with Crippen molar-refractivity contribution in [1.82, 2.24) is 5.32 Å². The maximum atomic E-state index is 3.48. The van der Waals surface area contributed by atoms with Gasteiger partial charge in [-0.1, -0.05) is 6.07 Å². The van der Waals surface area contributed by atoms with Gasteiger partial charge in [-0.2, -0.15) is 0 Å². The van der Waals surface area contributed by atoms with Crippen LogP contribution < -0.4 is 5.32 Å². The molecule has 0 fully saturated rings. The second-order valence-electron chi connectivity index (χ2n) is 2.90. The Kier molecular flexibility index (Phi) is 3.38. The summed E-state index contributed by atoms with van der Waals surface area (Å²) in [6.07, 6.45) is 0. The first-order valence-corrected chi connectivity index (χ1v) is 6.81. The van der Waals surface area contributed by atoms with Crippen molar-refractivity contribution in [3.63, 3.8) is 0 Å². The van der Waals surface area contributed by atoms with Gasteiger partial charge in [0.15, 0.2) is 0 Å². The topological polar surface area (TPSA) is 12.0 Å². The molecule has 2 aromatic rings. The van der Waals surface area contributed by atoms with Crippen LogP contribution in [0.2, 0.25) is 0 Å². The predicted octanol–water partition coefficient (Wildman–Crippen LogP) is 3.88. The third-order valence-electron chi connectivity index (χ3n) is 1.99. The van der Waals surface area contributed by atoms with E-state index in [0.29, 0.717) is 6.04 Å². The Morgan fingerprint density at radius 3 is 2.71 bits per heavy atom. The smallest absolute Gasteiger partial charge is 0.0762 e. The fraction of sp³-hybridized carbons (Fsp3) is 0.200. The molecule has 1 N–H and O–H groups in total. The highest BCUT2D eigenvalue weighted by Crippen LogP contribution is 2.31. The molecule has 0 aliphatic rings. The van der Waals surface area contributed by atoms with Crippen LogP contribution >= 0.6 is 38.6 Å². The molecule has 1 nitrogen and oxygen atoms in total. The lowest BCUT2D eigenvalue weighted by atomic mass is 10.2. The van der Waals surface area contributed by atoms with Crippen molar-refractivity contribution >= 4 is 38.6 Å². The Hall–Kier alpha value is -0.160. The van der Waals surface area contributed by atoms with Crippen molar-refractivity contribution in [2.24, 2.45) is 0 Å². The second-order valence-corrected chi connectivity index (χ2v) is 5.74. The molecule has 0 saturated heterocycles. The highest BCUT2D eigenvalue weighted by atomic mass is 79.9. The van der Waals surface area contributed by atoms with E-state index in [0.717, 1.165) is 4.47 Å². The van der Waals surface area contributed by atoms with Crippen molar-refractivity contribution in [2.45, 2.75) is 6.04 Å². The molecule has 0 saturated carbocycles. The Morgan fingerprint density at radius 1 is 1.36 bits per heavy atom. The molecule has 0 aliphatic carbocycles. The normalized spacial score (nSPS) is 13.0. The van der Waals surface area contributed by atoms with Gasteiger partial charge >= 0.3 is 0 Å². The summed E-state index contributed by atoms with van der Waals surface area (Å²) in [6, 6.07) is 6.77. The van der Waals surface area contributed by atoms with Gasteiger partial charge in [-0.3, -0.25) is 0 Å². The summed E-state index contributed by atoms with van der Waals surface area (Å²) in [5.74, 6) is 0. The van der Waals surface area contributed by atoms with Crippen LogP contribution in [-0.4, -0.2) is 7.05 Å². The minimum Gasteiger partial charge on any atom is -0.308 e. The number of nitrogens with one attached hydrogen (secondary N) is 1. The molecule has 0 amide bonds. The third kappa shape index (κ3) is 2.08. The first-order chi connectivity index (χ1) is 6.81. The van der Waals surface area contributed by atoms with Crippen molar-refractivity contribution in [2.75, 3.05) is 7.05 Å². The summed E-state index contributed by atoms with van der Waals surface area (Å²) < 4.78 is 1.16. The summed E-state index contributed by atoms with van der Waals surface area (Å²) >= 11 is 7.05. The average Bonchev–Trinajstić information content (AvgIpc) is 2.79. The minimum atomic E-state index is 0.339. The molecule has 14 heavy (non-hydrogen) atoms. The molecule has 1 atom stereocenters. The van der Waals surface area contributed by atoms with Gasteiger partial charge < -0.3 is 5.32 Å². The lowest BCUT2D eigenvalue weighted by molar-refractivity contribution is 0.716. The Morgan fingerprint density at radius 2 is 2.21 bits per heavy atom. The number of halogens is 1. The van der Waals surface area contributed by atoms with Crippen molar-refractivity contribution in [3.05, 3.63) is 43.2 Å². The molecule has 4 heteroatoms. The first-order valence-electron chi connectivity index (χ1n) is 4.26. The molecular formula is C10H10BrNS2. The lowest BCUT2D eigenvalue weighted by Crippen LogP contribution is -2.14. The van der Waals surface area contributed by atoms with E-state index < -0.39 is 0 Å².